The lowest BCUT2D eigenvalue weighted by Gasteiger charge is -2.34. The number of thiophene rings is 1. The van der Waals surface area contributed by atoms with E-state index in [0.717, 1.165) is 12.8 Å². The summed E-state index contributed by atoms with van der Waals surface area (Å²) in [5.41, 5.74) is 2.05. The maximum absolute atomic E-state index is 12.8. The summed E-state index contributed by atoms with van der Waals surface area (Å²) in [6.07, 6.45) is 2.53. The number of aromatic nitrogens is 1. The molecule has 4 rings (SSSR count). The highest BCUT2D eigenvalue weighted by atomic mass is 32.1. The van der Waals surface area contributed by atoms with Crippen molar-refractivity contribution in [2.75, 3.05) is 11.9 Å². The van der Waals surface area contributed by atoms with Crippen LogP contribution in [-0.4, -0.2) is 34.3 Å². The van der Waals surface area contributed by atoms with E-state index < -0.39 is 6.04 Å². The minimum absolute atomic E-state index is 0.0672. The smallest absolute Gasteiger partial charge is 0.264 e. The number of piperidine rings is 1. The molecular weight excluding hydrogens is 350 g/mol. The monoisotopic (exact) mass is 369 g/mol. The molecule has 2 amide bonds. The van der Waals surface area contributed by atoms with Crippen molar-refractivity contribution in [3.05, 3.63) is 46.5 Å². The lowest BCUT2D eigenvalue weighted by molar-refractivity contribution is -0.121. The normalized spacial score (nSPS) is 17.4. The summed E-state index contributed by atoms with van der Waals surface area (Å²) in [5, 5.41) is 4.81. The molecule has 1 atom stereocenters. The van der Waals surface area contributed by atoms with Crippen LogP contribution in [-0.2, 0) is 4.79 Å². The number of oxazole rings is 1. The summed E-state index contributed by atoms with van der Waals surface area (Å²) in [6.45, 7) is 2.39. The van der Waals surface area contributed by atoms with Crippen LogP contribution < -0.4 is 5.32 Å². The molecule has 3 heterocycles. The van der Waals surface area contributed by atoms with Gasteiger partial charge in [0, 0.05) is 19.2 Å². The number of fused-ring (bicyclic) bond motifs is 1. The van der Waals surface area contributed by atoms with Gasteiger partial charge >= 0.3 is 0 Å². The molecule has 0 saturated carbocycles. The summed E-state index contributed by atoms with van der Waals surface area (Å²) in [4.78, 5) is 32.2. The third-order valence-electron chi connectivity index (χ3n) is 4.56. The molecule has 0 radical (unpaired) electrons. The standard InChI is InChI=1S/C19H19N3O3S/c1-12-20-14-11-13(7-8-16(14)25-12)21-18(23)15-5-2-3-9-22(15)19(24)17-6-4-10-26-17/h4,6-8,10-11,15H,2-3,5,9H2,1H3,(H,21,23). The number of amides is 2. The van der Waals surface area contributed by atoms with Gasteiger partial charge < -0.3 is 14.6 Å². The van der Waals surface area contributed by atoms with Crippen LogP contribution in [0.15, 0.2) is 40.1 Å². The minimum atomic E-state index is -0.451. The number of nitrogens with zero attached hydrogens (tertiary/aromatic N) is 2. The van der Waals surface area contributed by atoms with E-state index in [1.165, 1.54) is 11.3 Å². The number of aryl methyl sites for hydroxylation is 1. The fourth-order valence-electron chi connectivity index (χ4n) is 3.33. The van der Waals surface area contributed by atoms with Gasteiger partial charge in [0.15, 0.2) is 11.5 Å². The van der Waals surface area contributed by atoms with Crippen LogP contribution >= 0.6 is 11.3 Å². The van der Waals surface area contributed by atoms with E-state index in [1.807, 2.05) is 11.4 Å². The van der Waals surface area contributed by atoms with Crippen molar-refractivity contribution in [2.45, 2.75) is 32.2 Å². The molecule has 1 N–H and O–H groups in total. The average Bonchev–Trinajstić information content (AvgIpc) is 3.29. The van der Waals surface area contributed by atoms with E-state index in [4.69, 9.17) is 4.42 Å². The first-order valence-corrected chi connectivity index (χ1v) is 9.52. The molecule has 6 nitrogen and oxygen atoms in total. The molecule has 134 valence electrons. The van der Waals surface area contributed by atoms with Crippen molar-refractivity contribution in [1.82, 2.24) is 9.88 Å². The summed E-state index contributed by atoms with van der Waals surface area (Å²) < 4.78 is 5.46. The zero-order chi connectivity index (χ0) is 18.1. The molecule has 1 aliphatic heterocycles. The van der Waals surface area contributed by atoms with Crippen molar-refractivity contribution < 1.29 is 14.0 Å². The van der Waals surface area contributed by atoms with Gasteiger partial charge in [-0.25, -0.2) is 4.98 Å². The van der Waals surface area contributed by atoms with Crippen LogP contribution in [0.4, 0.5) is 5.69 Å². The first kappa shape index (κ1) is 16.8. The molecule has 3 aromatic rings. The van der Waals surface area contributed by atoms with Gasteiger partial charge in [0.25, 0.3) is 5.91 Å². The molecule has 0 aliphatic carbocycles. The van der Waals surface area contributed by atoms with E-state index >= 15 is 0 Å². The highest BCUT2D eigenvalue weighted by Crippen LogP contribution is 2.24. The quantitative estimate of drug-likeness (QED) is 0.761. The number of hydrogen-bond acceptors (Lipinski definition) is 5. The van der Waals surface area contributed by atoms with E-state index in [9.17, 15) is 9.59 Å². The first-order valence-electron chi connectivity index (χ1n) is 8.64. The lowest BCUT2D eigenvalue weighted by Crippen LogP contribution is -2.49. The van der Waals surface area contributed by atoms with E-state index in [-0.39, 0.29) is 11.8 Å². The van der Waals surface area contributed by atoms with Gasteiger partial charge in [0.2, 0.25) is 5.91 Å². The summed E-state index contributed by atoms with van der Waals surface area (Å²) >= 11 is 1.40. The van der Waals surface area contributed by atoms with Gasteiger partial charge in [0.1, 0.15) is 11.6 Å². The number of carbonyl (C=O) groups is 2. The topological polar surface area (TPSA) is 75.4 Å². The van der Waals surface area contributed by atoms with Crippen LogP contribution in [0.1, 0.15) is 34.8 Å². The SMILES string of the molecule is Cc1nc2cc(NC(=O)C3CCCCN3C(=O)c3cccs3)ccc2o1. The number of rotatable bonds is 3. The zero-order valence-electron chi connectivity index (χ0n) is 14.4. The van der Waals surface area contributed by atoms with Crippen LogP contribution in [0.2, 0.25) is 0 Å². The van der Waals surface area contributed by atoms with Crippen molar-refractivity contribution in [2.24, 2.45) is 0 Å². The van der Waals surface area contributed by atoms with Crippen LogP contribution in [0.25, 0.3) is 11.1 Å². The Morgan fingerprint density at radius 3 is 3.00 bits per heavy atom. The molecule has 1 unspecified atom stereocenters. The number of nitrogens with one attached hydrogen (secondary N) is 1. The van der Waals surface area contributed by atoms with Crippen LogP contribution in [0.3, 0.4) is 0 Å². The lowest BCUT2D eigenvalue weighted by atomic mass is 10.0. The second-order valence-electron chi connectivity index (χ2n) is 6.39. The molecule has 1 aromatic carbocycles. The molecule has 26 heavy (non-hydrogen) atoms. The number of likely N-dealkylation sites (tertiary alicyclic amines) is 1. The summed E-state index contributed by atoms with van der Waals surface area (Å²) in [5.74, 6) is 0.361. The Hall–Kier alpha value is -2.67. The molecule has 2 aromatic heterocycles. The van der Waals surface area contributed by atoms with Gasteiger partial charge in [-0.05, 0) is 48.9 Å². The van der Waals surface area contributed by atoms with Gasteiger partial charge in [-0.1, -0.05) is 6.07 Å². The summed E-state index contributed by atoms with van der Waals surface area (Å²) in [7, 11) is 0. The van der Waals surface area contributed by atoms with E-state index in [2.05, 4.69) is 10.3 Å². The third kappa shape index (κ3) is 3.22. The van der Waals surface area contributed by atoms with E-state index in [0.29, 0.717) is 40.5 Å². The molecular formula is C19H19N3O3S. The molecule has 0 spiro atoms. The minimum Gasteiger partial charge on any atom is -0.441 e. The largest absolute Gasteiger partial charge is 0.441 e. The predicted octanol–water partition coefficient (Wildman–Crippen LogP) is 3.83. The van der Waals surface area contributed by atoms with Crippen molar-refractivity contribution in [3.63, 3.8) is 0 Å². The fraction of sp³-hybridized carbons (Fsp3) is 0.316. The number of benzene rings is 1. The molecule has 1 saturated heterocycles. The Bertz CT molecular complexity index is 948. The van der Waals surface area contributed by atoms with E-state index in [1.54, 1.807) is 36.1 Å². The number of hydrogen-bond donors (Lipinski definition) is 1. The maximum Gasteiger partial charge on any atom is 0.264 e. The molecule has 1 aliphatic rings. The highest BCUT2D eigenvalue weighted by molar-refractivity contribution is 7.12. The van der Waals surface area contributed by atoms with Crippen molar-refractivity contribution in [3.8, 4) is 0 Å². The number of carbonyl (C=O) groups excluding carboxylic acids is 2. The Labute approximate surface area is 154 Å². The van der Waals surface area contributed by atoms with Gasteiger partial charge in [-0.2, -0.15) is 0 Å². The molecule has 0 bridgehead atoms. The van der Waals surface area contributed by atoms with Crippen LogP contribution in [0.5, 0.6) is 0 Å². The van der Waals surface area contributed by atoms with Gasteiger partial charge in [-0.15, -0.1) is 11.3 Å². The Morgan fingerprint density at radius 2 is 2.19 bits per heavy atom. The summed E-state index contributed by atoms with van der Waals surface area (Å²) in [6, 6.07) is 8.58. The van der Waals surface area contributed by atoms with Crippen molar-refractivity contribution in [1.29, 1.82) is 0 Å². The highest BCUT2D eigenvalue weighted by Gasteiger charge is 2.33. The zero-order valence-corrected chi connectivity index (χ0v) is 15.2. The number of anilines is 1. The van der Waals surface area contributed by atoms with Gasteiger partial charge in [-0.3, -0.25) is 9.59 Å². The Morgan fingerprint density at radius 1 is 1.31 bits per heavy atom. The fourth-order valence-corrected chi connectivity index (χ4v) is 4.01. The Balaban J connectivity index is 1.53. The predicted molar refractivity (Wildman–Crippen MR) is 100 cm³/mol. The van der Waals surface area contributed by atoms with Crippen LogP contribution in [0, 0.1) is 6.92 Å². The third-order valence-corrected chi connectivity index (χ3v) is 5.42. The second kappa shape index (κ2) is 6.92. The molecule has 7 heteroatoms. The first-order chi connectivity index (χ1) is 12.6. The van der Waals surface area contributed by atoms with Gasteiger partial charge in [0.05, 0.1) is 4.88 Å². The maximum atomic E-state index is 12.8. The average molecular weight is 369 g/mol. The second-order valence-corrected chi connectivity index (χ2v) is 7.34. The molecule has 1 fully saturated rings. The van der Waals surface area contributed by atoms with Crippen molar-refractivity contribution >= 4 is 39.9 Å². The Kier molecular flexibility index (Phi) is 4.46.